The van der Waals surface area contributed by atoms with Gasteiger partial charge in [0.15, 0.2) is 0 Å². The Morgan fingerprint density at radius 3 is 2.74 bits per heavy atom. The van der Waals surface area contributed by atoms with E-state index in [1.54, 1.807) is 12.1 Å². The summed E-state index contributed by atoms with van der Waals surface area (Å²) in [4.78, 5) is 22.0. The number of nitrogens with two attached hydrogens (primary N) is 1. The van der Waals surface area contributed by atoms with Crippen LogP contribution in [0, 0.1) is 12.7 Å². The van der Waals surface area contributed by atoms with Gasteiger partial charge in [0.2, 0.25) is 5.91 Å². The third kappa shape index (κ3) is 5.85. The van der Waals surface area contributed by atoms with Gasteiger partial charge in [0.1, 0.15) is 5.82 Å². The molecule has 0 heterocycles. The SMILES string of the molecule is Cc1ccc(F)c(NC(=O)CCCCNC(N)=O)c1. The van der Waals surface area contributed by atoms with Crippen molar-refractivity contribution < 1.29 is 14.0 Å². The molecule has 104 valence electrons. The van der Waals surface area contributed by atoms with Gasteiger partial charge >= 0.3 is 6.03 Å². The maximum atomic E-state index is 13.4. The second kappa shape index (κ2) is 7.35. The summed E-state index contributed by atoms with van der Waals surface area (Å²) < 4.78 is 13.4. The standard InChI is InChI=1S/C13H18FN3O2/c1-9-5-6-10(14)11(8-9)17-12(18)4-2-3-7-16-13(15)19/h5-6,8H,2-4,7H2,1H3,(H,17,18)(H3,15,16,19). The summed E-state index contributed by atoms with van der Waals surface area (Å²) in [6, 6.07) is 3.97. The minimum atomic E-state index is -0.578. The summed E-state index contributed by atoms with van der Waals surface area (Å²) in [6.07, 6.45) is 1.51. The van der Waals surface area contributed by atoms with Crippen molar-refractivity contribution in [1.82, 2.24) is 5.32 Å². The van der Waals surface area contributed by atoms with Crippen molar-refractivity contribution >= 4 is 17.6 Å². The number of primary amides is 1. The van der Waals surface area contributed by atoms with Crippen LogP contribution >= 0.6 is 0 Å². The molecule has 0 saturated heterocycles. The van der Waals surface area contributed by atoms with Crippen molar-refractivity contribution in [3.05, 3.63) is 29.6 Å². The smallest absolute Gasteiger partial charge is 0.312 e. The lowest BCUT2D eigenvalue weighted by Crippen LogP contribution is -2.30. The fourth-order valence-electron chi connectivity index (χ4n) is 1.57. The molecule has 0 aliphatic heterocycles. The van der Waals surface area contributed by atoms with Crippen LogP contribution < -0.4 is 16.4 Å². The fourth-order valence-corrected chi connectivity index (χ4v) is 1.57. The average Bonchev–Trinajstić information content (AvgIpc) is 2.33. The monoisotopic (exact) mass is 267 g/mol. The van der Waals surface area contributed by atoms with E-state index in [4.69, 9.17) is 5.73 Å². The number of benzene rings is 1. The van der Waals surface area contributed by atoms with Gasteiger partial charge in [-0.15, -0.1) is 0 Å². The second-order valence-corrected chi connectivity index (χ2v) is 4.28. The van der Waals surface area contributed by atoms with Crippen molar-refractivity contribution in [2.24, 2.45) is 5.73 Å². The maximum Gasteiger partial charge on any atom is 0.312 e. The first-order valence-corrected chi connectivity index (χ1v) is 6.08. The molecule has 0 radical (unpaired) electrons. The largest absolute Gasteiger partial charge is 0.352 e. The van der Waals surface area contributed by atoms with Crippen LogP contribution in [0.4, 0.5) is 14.9 Å². The van der Waals surface area contributed by atoms with Gasteiger partial charge in [-0.25, -0.2) is 9.18 Å². The normalized spacial score (nSPS) is 10.0. The summed E-state index contributed by atoms with van der Waals surface area (Å²) in [6.45, 7) is 2.26. The second-order valence-electron chi connectivity index (χ2n) is 4.28. The van der Waals surface area contributed by atoms with Gasteiger partial charge < -0.3 is 16.4 Å². The van der Waals surface area contributed by atoms with Crippen molar-refractivity contribution in [3.8, 4) is 0 Å². The highest BCUT2D eigenvalue weighted by Gasteiger charge is 2.06. The Bertz CT molecular complexity index is 463. The zero-order valence-corrected chi connectivity index (χ0v) is 10.8. The number of hydrogen-bond donors (Lipinski definition) is 3. The maximum absolute atomic E-state index is 13.4. The number of hydrogen-bond acceptors (Lipinski definition) is 2. The van der Waals surface area contributed by atoms with Gasteiger partial charge in [0.05, 0.1) is 5.69 Å². The van der Waals surface area contributed by atoms with E-state index < -0.39 is 11.8 Å². The molecule has 5 nitrogen and oxygen atoms in total. The van der Waals surface area contributed by atoms with Crippen LogP contribution in [-0.2, 0) is 4.79 Å². The van der Waals surface area contributed by atoms with Crippen LogP contribution in [0.25, 0.3) is 0 Å². The van der Waals surface area contributed by atoms with Crippen LogP contribution in [0.1, 0.15) is 24.8 Å². The highest BCUT2D eigenvalue weighted by molar-refractivity contribution is 5.90. The fraction of sp³-hybridized carbons (Fsp3) is 0.385. The van der Waals surface area contributed by atoms with E-state index in [0.29, 0.717) is 19.4 Å². The molecule has 1 aromatic carbocycles. The molecule has 0 saturated carbocycles. The third-order valence-corrected chi connectivity index (χ3v) is 2.53. The number of amides is 3. The molecule has 6 heteroatoms. The molecule has 19 heavy (non-hydrogen) atoms. The zero-order valence-electron chi connectivity index (χ0n) is 10.8. The molecule has 1 rings (SSSR count). The number of rotatable bonds is 6. The van der Waals surface area contributed by atoms with E-state index in [2.05, 4.69) is 10.6 Å². The Balaban J connectivity index is 2.31. The number of unbranched alkanes of at least 4 members (excludes halogenated alkanes) is 1. The number of carbonyl (C=O) groups is 2. The molecule has 0 fully saturated rings. The number of aryl methyl sites for hydroxylation is 1. The summed E-state index contributed by atoms with van der Waals surface area (Å²) in [5.41, 5.74) is 5.97. The molecule has 4 N–H and O–H groups in total. The van der Waals surface area contributed by atoms with Crippen LogP contribution in [0.15, 0.2) is 18.2 Å². The molecule has 0 aliphatic carbocycles. The third-order valence-electron chi connectivity index (χ3n) is 2.53. The lowest BCUT2D eigenvalue weighted by atomic mass is 10.2. The Labute approximate surface area is 111 Å². The van der Waals surface area contributed by atoms with Crippen molar-refractivity contribution in [3.63, 3.8) is 0 Å². The van der Waals surface area contributed by atoms with Crippen LogP contribution in [-0.4, -0.2) is 18.5 Å². The van der Waals surface area contributed by atoms with E-state index >= 15 is 0 Å². The Kier molecular flexibility index (Phi) is 5.78. The molecular formula is C13H18FN3O2. The Morgan fingerprint density at radius 2 is 2.05 bits per heavy atom. The Morgan fingerprint density at radius 1 is 1.32 bits per heavy atom. The minimum absolute atomic E-state index is 0.195. The lowest BCUT2D eigenvalue weighted by Gasteiger charge is -2.07. The molecule has 0 aromatic heterocycles. The van der Waals surface area contributed by atoms with Crippen molar-refractivity contribution in [1.29, 1.82) is 0 Å². The quantitative estimate of drug-likeness (QED) is 0.688. The highest BCUT2D eigenvalue weighted by atomic mass is 19.1. The molecule has 0 bridgehead atoms. The van der Waals surface area contributed by atoms with Gasteiger partial charge in [-0.1, -0.05) is 6.07 Å². The van der Waals surface area contributed by atoms with E-state index in [1.165, 1.54) is 6.07 Å². The molecule has 0 unspecified atom stereocenters. The van der Waals surface area contributed by atoms with Gasteiger partial charge in [-0.2, -0.15) is 0 Å². The summed E-state index contributed by atoms with van der Waals surface area (Å²) in [5, 5.41) is 4.96. The summed E-state index contributed by atoms with van der Waals surface area (Å²) in [7, 11) is 0. The lowest BCUT2D eigenvalue weighted by molar-refractivity contribution is -0.116. The number of nitrogens with one attached hydrogen (secondary N) is 2. The highest BCUT2D eigenvalue weighted by Crippen LogP contribution is 2.16. The first kappa shape index (κ1) is 14.9. The zero-order chi connectivity index (χ0) is 14.3. The average molecular weight is 267 g/mol. The van der Waals surface area contributed by atoms with Crippen LogP contribution in [0.2, 0.25) is 0 Å². The van der Waals surface area contributed by atoms with Gasteiger partial charge in [-0.05, 0) is 37.5 Å². The first-order chi connectivity index (χ1) is 8.99. The number of urea groups is 1. The van der Waals surface area contributed by atoms with Crippen molar-refractivity contribution in [2.45, 2.75) is 26.2 Å². The number of anilines is 1. The van der Waals surface area contributed by atoms with E-state index in [9.17, 15) is 14.0 Å². The predicted molar refractivity (Wildman–Crippen MR) is 71.2 cm³/mol. The van der Waals surface area contributed by atoms with Gasteiger partial charge in [0, 0.05) is 13.0 Å². The molecule has 0 spiro atoms. The van der Waals surface area contributed by atoms with E-state index in [0.717, 1.165) is 5.56 Å². The van der Waals surface area contributed by atoms with E-state index in [1.807, 2.05) is 6.92 Å². The van der Waals surface area contributed by atoms with Crippen molar-refractivity contribution in [2.75, 3.05) is 11.9 Å². The van der Waals surface area contributed by atoms with Crippen LogP contribution in [0.5, 0.6) is 0 Å². The molecule has 0 aliphatic rings. The predicted octanol–water partition coefficient (Wildman–Crippen LogP) is 1.91. The minimum Gasteiger partial charge on any atom is -0.352 e. The molecular weight excluding hydrogens is 249 g/mol. The summed E-state index contributed by atoms with van der Waals surface area (Å²) in [5.74, 6) is -0.696. The molecule has 1 aromatic rings. The van der Waals surface area contributed by atoms with E-state index in [-0.39, 0.29) is 18.0 Å². The topological polar surface area (TPSA) is 84.2 Å². The first-order valence-electron chi connectivity index (χ1n) is 6.08. The number of halogens is 1. The van der Waals surface area contributed by atoms with Crippen LogP contribution in [0.3, 0.4) is 0 Å². The Hall–Kier alpha value is -2.11. The molecule has 0 atom stereocenters. The van der Waals surface area contributed by atoms with Gasteiger partial charge in [-0.3, -0.25) is 4.79 Å². The van der Waals surface area contributed by atoms with Gasteiger partial charge in [0.25, 0.3) is 0 Å². The molecule has 3 amide bonds. The summed E-state index contributed by atoms with van der Waals surface area (Å²) >= 11 is 0. The number of carbonyl (C=O) groups excluding carboxylic acids is 2.